The summed E-state index contributed by atoms with van der Waals surface area (Å²) in [6, 6.07) is 7.32. The van der Waals surface area contributed by atoms with Crippen LogP contribution in [-0.2, 0) is 9.59 Å². The average molecular weight is 306 g/mol. The Balaban J connectivity index is 2.13. The number of anilines is 1. The van der Waals surface area contributed by atoms with Gasteiger partial charge in [-0.05, 0) is 24.1 Å². The molecule has 4 heteroatoms. The van der Waals surface area contributed by atoms with Gasteiger partial charge in [0.25, 0.3) is 11.8 Å². The van der Waals surface area contributed by atoms with E-state index in [1.165, 1.54) is 12.2 Å². The van der Waals surface area contributed by atoms with Crippen molar-refractivity contribution in [1.29, 1.82) is 0 Å². The fourth-order valence-electron chi connectivity index (χ4n) is 1.67. The van der Waals surface area contributed by atoms with Crippen LogP contribution in [0.1, 0.15) is 12.0 Å². The molecule has 2 rings (SSSR count). The van der Waals surface area contributed by atoms with Crippen molar-refractivity contribution in [2.45, 2.75) is 6.42 Å². The van der Waals surface area contributed by atoms with E-state index in [4.69, 9.17) is 0 Å². The first-order valence-electron chi connectivity index (χ1n) is 5.61. The summed E-state index contributed by atoms with van der Waals surface area (Å²) in [5.41, 5.74) is 1.65. The third-order valence-corrected chi connectivity index (χ3v) is 3.00. The SMILES string of the molecule is O=C1C=CC(=O)N1c1ccc(C=CCCBr)cc1. The van der Waals surface area contributed by atoms with Crippen molar-refractivity contribution in [3.05, 3.63) is 48.1 Å². The highest BCUT2D eigenvalue weighted by Crippen LogP contribution is 2.19. The number of hydrogen-bond acceptors (Lipinski definition) is 2. The third-order valence-electron chi connectivity index (χ3n) is 2.55. The van der Waals surface area contributed by atoms with Crippen LogP contribution in [0.2, 0.25) is 0 Å². The van der Waals surface area contributed by atoms with Gasteiger partial charge in [-0.15, -0.1) is 0 Å². The molecule has 1 heterocycles. The van der Waals surface area contributed by atoms with E-state index in [2.05, 4.69) is 22.0 Å². The number of carbonyl (C=O) groups is 2. The van der Waals surface area contributed by atoms with Crippen molar-refractivity contribution in [2.24, 2.45) is 0 Å². The van der Waals surface area contributed by atoms with Gasteiger partial charge in [-0.25, -0.2) is 4.90 Å². The molecular weight excluding hydrogens is 294 g/mol. The molecule has 0 atom stereocenters. The first-order valence-corrected chi connectivity index (χ1v) is 6.73. The van der Waals surface area contributed by atoms with Crippen LogP contribution in [0.3, 0.4) is 0 Å². The van der Waals surface area contributed by atoms with Crippen molar-refractivity contribution in [1.82, 2.24) is 0 Å². The lowest BCUT2D eigenvalue weighted by molar-refractivity contribution is -0.119. The fraction of sp³-hybridized carbons (Fsp3) is 0.143. The normalized spacial score (nSPS) is 15.1. The number of alkyl halides is 1. The summed E-state index contributed by atoms with van der Waals surface area (Å²) in [4.78, 5) is 24.1. The topological polar surface area (TPSA) is 37.4 Å². The van der Waals surface area contributed by atoms with Gasteiger partial charge in [0.15, 0.2) is 0 Å². The smallest absolute Gasteiger partial charge is 0.258 e. The number of carbonyl (C=O) groups excluding carboxylic acids is 2. The van der Waals surface area contributed by atoms with E-state index in [1.54, 1.807) is 12.1 Å². The van der Waals surface area contributed by atoms with Crippen LogP contribution in [0, 0.1) is 0 Å². The van der Waals surface area contributed by atoms with Gasteiger partial charge in [0, 0.05) is 17.5 Å². The van der Waals surface area contributed by atoms with E-state index in [0.717, 1.165) is 22.2 Å². The van der Waals surface area contributed by atoms with Crippen LogP contribution in [0.15, 0.2) is 42.5 Å². The number of nitrogens with zero attached hydrogens (tertiary/aromatic N) is 1. The minimum atomic E-state index is -0.289. The van der Waals surface area contributed by atoms with Gasteiger partial charge < -0.3 is 0 Å². The summed E-state index contributed by atoms with van der Waals surface area (Å²) >= 11 is 3.35. The Kier molecular flexibility index (Phi) is 4.10. The molecule has 1 aromatic carbocycles. The number of allylic oxidation sites excluding steroid dienone is 1. The Morgan fingerprint density at radius 1 is 1.06 bits per heavy atom. The zero-order chi connectivity index (χ0) is 13.0. The maximum Gasteiger partial charge on any atom is 0.258 e. The van der Waals surface area contributed by atoms with E-state index in [-0.39, 0.29) is 11.8 Å². The molecule has 0 unspecified atom stereocenters. The maximum atomic E-state index is 11.5. The predicted octanol–water partition coefficient (Wildman–Crippen LogP) is 2.91. The summed E-state index contributed by atoms with van der Waals surface area (Å²) in [5, 5.41) is 0.935. The second kappa shape index (κ2) is 5.78. The number of amides is 2. The van der Waals surface area contributed by atoms with E-state index in [1.807, 2.05) is 18.2 Å². The lowest BCUT2D eigenvalue weighted by atomic mass is 10.1. The lowest BCUT2D eigenvalue weighted by Gasteiger charge is -2.13. The highest BCUT2D eigenvalue weighted by molar-refractivity contribution is 9.09. The molecule has 0 aromatic heterocycles. The first-order chi connectivity index (χ1) is 8.72. The maximum absolute atomic E-state index is 11.5. The standard InChI is InChI=1S/C14H12BrNO2/c15-10-2-1-3-11-4-6-12(7-5-11)16-13(17)8-9-14(16)18/h1,3-9H,2,10H2. The first kappa shape index (κ1) is 12.8. The summed E-state index contributed by atoms with van der Waals surface area (Å²) in [6.07, 6.45) is 7.61. The zero-order valence-electron chi connectivity index (χ0n) is 9.67. The van der Waals surface area contributed by atoms with Gasteiger partial charge in [0.05, 0.1) is 5.69 Å². The predicted molar refractivity (Wildman–Crippen MR) is 75.5 cm³/mol. The Morgan fingerprint density at radius 2 is 1.67 bits per heavy atom. The molecule has 0 spiro atoms. The molecule has 0 fully saturated rings. The van der Waals surface area contributed by atoms with Crippen molar-refractivity contribution in [3.63, 3.8) is 0 Å². The molecular formula is C14H12BrNO2. The quantitative estimate of drug-likeness (QED) is 0.633. The summed E-state index contributed by atoms with van der Waals surface area (Å²) in [5.74, 6) is -0.579. The van der Waals surface area contributed by atoms with Gasteiger partial charge in [0.1, 0.15) is 0 Å². The molecule has 0 N–H and O–H groups in total. The molecule has 0 radical (unpaired) electrons. The highest BCUT2D eigenvalue weighted by atomic mass is 79.9. The molecule has 0 aliphatic carbocycles. The molecule has 1 aromatic rings. The number of benzene rings is 1. The number of hydrogen-bond donors (Lipinski definition) is 0. The molecule has 92 valence electrons. The molecule has 3 nitrogen and oxygen atoms in total. The second-order valence-electron chi connectivity index (χ2n) is 3.82. The van der Waals surface area contributed by atoms with Gasteiger partial charge in [-0.2, -0.15) is 0 Å². The van der Waals surface area contributed by atoms with E-state index in [0.29, 0.717) is 5.69 Å². The number of halogens is 1. The molecule has 0 saturated heterocycles. The zero-order valence-corrected chi connectivity index (χ0v) is 11.3. The minimum Gasteiger partial charge on any atom is -0.269 e. The Labute approximate surface area is 114 Å². The molecule has 18 heavy (non-hydrogen) atoms. The van der Waals surface area contributed by atoms with Crippen molar-refractivity contribution >= 4 is 39.5 Å². The van der Waals surface area contributed by atoms with Crippen LogP contribution < -0.4 is 4.90 Å². The highest BCUT2D eigenvalue weighted by Gasteiger charge is 2.24. The van der Waals surface area contributed by atoms with Crippen LogP contribution in [0.4, 0.5) is 5.69 Å². The van der Waals surface area contributed by atoms with Gasteiger partial charge in [0.2, 0.25) is 0 Å². The lowest BCUT2D eigenvalue weighted by Crippen LogP contribution is -2.29. The van der Waals surface area contributed by atoms with Crippen molar-refractivity contribution in [2.75, 3.05) is 10.2 Å². The van der Waals surface area contributed by atoms with E-state index < -0.39 is 0 Å². The van der Waals surface area contributed by atoms with Crippen LogP contribution in [0.25, 0.3) is 6.08 Å². The monoisotopic (exact) mass is 305 g/mol. The molecule has 2 amide bonds. The Hall–Kier alpha value is -1.68. The summed E-state index contributed by atoms with van der Waals surface area (Å²) in [7, 11) is 0. The van der Waals surface area contributed by atoms with E-state index in [9.17, 15) is 9.59 Å². The molecule has 0 bridgehead atoms. The van der Waals surface area contributed by atoms with Crippen LogP contribution in [-0.4, -0.2) is 17.1 Å². The summed E-state index contributed by atoms with van der Waals surface area (Å²) in [6.45, 7) is 0. The Morgan fingerprint density at radius 3 is 2.22 bits per heavy atom. The van der Waals surface area contributed by atoms with Gasteiger partial charge in [-0.3, -0.25) is 9.59 Å². The van der Waals surface area contributed by atoms with Gasteiger partial charge in [-0.1, -0.05) is 40.2 Å². The third kappa shape index (κ3) is 2.76. The van der Waals surface area contributed by atoms with E-state index >= 15 is 0 Å². The molecule has 0 saturated carbocycles. The molecule has 1 aliphatic heterocycles. The van der Waals surface area contributed by atoms with Crippen molar-refractivity contribution in [3.8, 4) is 0 Å². The number of rotatable bonds is 4. The van der Waals surface area contributed by atoms with Crippen molar-refractivity contribution < 1.29 is 9.59 Å². The average Bonchev–Trinajstić information content (AvgIpc) is 2.71. The summed E-state index contributed by atoms with van der Waals surface area (Å²) < 4.78 is 0. The largest absolute Gasteiger partial charge is 0.269 e. The number of imide groups is 1. The second-order valence-corrected chi connectivity index (χ2v) is 4.61. The van der Waals surface area contributed by atoms with Gasteiger partial charge >= 0.3 is 0 Å². The minimum absolute atomic E-state index is 0.289. The van der Waals surface area contributed by atoms with Crippen LogP contribution in [0.5, 0.6) is 0 Å². The fourth-order valence-corrected chi connectivity index (χ4v) is 1.94. The van der Waals surface area contributed by atoms with Crippen LogP contribution >= 0.6 is 15.9 Å². The molecule has 1 aliphatic rings. The Bertz CT molecular complexity index is 499.